The fourth-order valence-corrected chi connectivity index (χ4v) is 3.01. The molecule has 0 aliphatic heterocycles. The zero-order chi connectivity index (χ0) is 14.4. The van der Waals surface area contributed by atoms with Crippen LogP contribution >= 0.6 is 0 Å². The fraction of sp³-hybridized carbons (Fsp3) is 0.562. The summed E-state index contributed by atoms with van der Waals surface area (Å²) in [7, 11) is 1.59. The van der Waals surface area contributed by atoms with E-state index >= 15 is 0 Å². The fourth-order valence-electron chi connectivity index (χ4n) is 3.01. The standard InChI is InChI=1S/C16H24N2O2/c1-20-14(12-17)11-15(19)18-16(9-5-6-10-16)13-7-3-2-4-8-13/h2-4,7-8,14H,5-6,9-12,17H2,1H3,(H,18,19). The Hall–Kier alpha value is -1.39. The highest BCUT2D eigenvalue weighted by molar-refractivity contribution is 5.77. The lowest BCUT2D eigenvalue weighted by atomic mass is 9.88. The minimum Gasteiger partial charge on any atom is -0.380 e. The highest BCUT2D eigenvalue weighted by atomic mass is 16.5. The predicted molar refractivity (Wildman–Crippen MR) is 79.2 cm³/mol. The molecule has 0 spiro atoms. The van der Waals surface area contributed by atoms with Gasteiger partial charge in [0.05, 0.1) is 18.1 Å². The van der Waals surface area contributed by atoms with Gasteiger partial charge in [0, 0.05) is 13.7 Å². The number of ether oxygens (including phenoxy) is 1. The summed E-state index contributed by atoms with van der Waals surface area (Å²) in [5, 5.41) is 3.23. The van der Waals surface area contributed by atoms with Crippen LogP contribution in [0.15, 0.2) is 30.3 Å². The Labute approximate surface area is 120 Å². The molecule has 1 unspecified atom stereocenters. The Morgan fingerprint density at radius 3 is 2.55 bits per heavy atom. The van der Waals surface area contributed by atoms with Crippen molar-refractivity contribution in [3.63, 3.8) is 0 Å². The van der Waals surface area contributed by atoms with Crippen molar-refractivity contribution in [3.05, 3.63) is 35.9 Å². The van der Waals surface area contributed by atoms with E-state index in [0.717, 1.165) is 25.7 Å². The molecule has 0 bridgehead atoms. The summed E-state index contributed by atoms with van der Waals surface area (Å²) in [5.41, 5.74) is 6.58. The van der Waals surface area contributed by atoms with Crippen molar-refractivity contribution in [2.24, 2.45) is 5.73 Å². The third kappa shape index (κ3) is 3.38. The molecular formula is C16H24N2O2. The average molecular weight is 276 g/mol. The third-order valence-electron chi connectivity index (χ3n) is 4.17. The lowest BCUT2D eigenvalue weighted by Crippen LogP contribution is -2.45. The zero-order valence-corrected chi connectivity index (χ0v) is 12.1. The molecule has 0 aromatic heterocycles. The lowest BCUT2D eigenvalue weighted by molar-refractivity contribution is -0.125. The van der Waals surface area contributed by atoms with Crippen molar-refractivity contribution in [1.29, 1.82) is 0 Å². The van der Waals surface area contributed by atoms with Gasteiger partial charge in [-0.15, -0.1) is 0 Å². The predicted octanol–water partition coefficient (Wildman–Crippen LogP) is 1.94. The van der Waals surface area contributed by atoms with Gasteiger partial charge in [-0.1, -0.05) is 43.2 Å². The average Bonchev–Trinajstić information content (AvgIpc) is 2.95. The number of benzene rings is 1. The largest absolute Gasteiger partial charge is 0.380 e. The monoisotopic (exact) mass is 276 g/mol. The third-order valence-corrected chi connectivity index (χ3v) is 4.17. The Kier molecular flexibility index (Phi) is 5.15. The molecule has 110 valence electrons. The summed E-state index contributed by atoms with van der Waals surface area (Å²) in [6.45, 7) is 0.363. The van der Waals surface area contributed by atoms with Crippen LogP contribution in [0.5, 0.6) is 0 Å². The number of nitrogens with one attached hydrogen (secondary N) is 1. The normalized spacial score (nSPS) is 18.7. The summed E-state index contributed by atoms with van der Waals surface area (Å²) < 4.78 is 5.19. The number of carbonyl (C=O) groups excluding carboxylic acids is 1. The Morgan fingerprint density at radius 1 is 1.35 bits per heavy atom. The van der Waals surface area contributed by atoms with Crippen LogP contribution in [0.3, 0.4) is 0 Å². The molecule has 4 nitrogen and oxygen atoms in total. The van der Waals surface area contributed by atoms with Gasteiger partial charge in [0.1, 0.15) is 0 Å². The van der Waals surface area contributed by atoms with Gasteiger partial charge in [0.25, 0.3) is 0 Å². The molecule has 2 rings (SSSR count). The van der Waals surface area contributed by atoms with Gasteiger partial charge in [-0.2, -0.15) is 0 Å². The van der Waals surface area contributed by atoms with Gasteiger partial charge in [-0.25, -0.2) is 0 Å². The van der Waals surface area contributed by atoms with Crippen LogP contribution in [0.25, 0.3) is 0 Å². The van der Waals surface area contributed by atoms with Gasteiger partial charge in [-0.3, -0.25) is 4.79 Å². The van der Waals surface area contributed by atoms with Crippen molar-refractivity contribution in [2.75, 3.05) is 13.7 Å². The number of amides is 1. The molecule has 1 amide bonds. The van der Waals surface area contributed by atoms with Crippen LogP contribution in [0, 0.1) is 0 Å². The zero-order valence-electron chi connectivity index (χ0n) is 12.1. The molecule has 0 heterocycles. The summed E-state index contributed by atoms with van der Waals surface area (Å²) in [6, 6.07) is 10.3. The molecular weight excluding hydrogens is 252 g/mol. The number of hydrogen-bond donors (Lipinski definition) is 2. The SMILES string of the molecule is COC(CN)CC(=O)NC1(c2ccccc2)CCCC1. The Bertz CT molecular complexity index is 423. The van der Waals surface area contributed by atoms with Gasteiger partial charge in [0.15, 0.2) is 0 Å². The molecule has 0 radical (unpaired) electrons. The second-order valence-corrected chi connectivity index (χ2v) is 5.50. The number of rotatable bonds is 6. The smallest absolute Gasteiger partial charge is 0.223 e. The van der Waals surface area contributed by atoms with Crippen LogP contribution in [0.4, 0.5) is 0 Å². The minimum atomic E-state index is -0.204. The van der Waals surface area contributed by atoms with E-state index in [1.54, 1.807) is 7.11 Å². The minimum absolute atomic E-state index is 0.0213. The molecule has 4 heteroatoms. The summed E-state index contributed by atoms with van der Waals surface area (Å²) >= 11 is 0. The molecule has 3 N–H and O–H groups in total. The molecule has 1 saturated carbocycles. The quantitative estimate of drug-likeness (QED) is 0.834. The first kappa shape index (κ1) is 15.0. The van der Waals surface area contributed by atoms with Crippen molar-refractivity contribution >= 4 is 5.91 Å². The molecule has 1 aromatic carbocycles. The molecule has 1 aliphatic carbocycles. The highest BCUT2D eigenvalue weighted by Crippen LogP contribution is 2.38. The van der Waals surface area contributed by atoms with Crippen molar-refractivity contribution < 1.29 is 9.53 Å². The first-order valence-electron chi connectivity index (χ1n) is 7.29. The van der Waals surface area contributed by atoms with Crippen molar-refractivity contribution in [1.82, 2.24) is 5.32 Å². The molecule has 20 heavy (non-hydrogen) atoms. The van der Waals surface area contributed by atoms with E-state index in [2.05, 4.69) is 17.4 Å². The topological polar surface area (TPSA) is 64.3 Å². The molecule has 1 aliphatic rings. The van der Waals surface area contributed by atoms with E-state index in [1.807, 2.05) is 18.2 Å². The Morgan fingerprint density at radius 2 is 2.00 bits per heavy atom. The van der Waals surface area contributed by atoms with Crippen LogP contribution < -0.4 is 11.1 Å². The first-order valence-corrected chi connectivity index (χ1v) is 7.29. The number of methoxy groups -OCH3 is 1. The maximum absolute atomic E-state index is 12.3. The molecule has 0 saturated heterocycles. The number of nitrogens with two attached hydrogens (primary N) is 1. The van der Waals surface area contributed by atoms with Gasteiger partial charge in [-0.05, 0) is 18.4 Å². The second-order valence-electron chi connectivity index (χ2n) is 5.50. The van der Waals surface area contributed by atoms with E-state index in [0.29, 0.717) is 13.0 Å². The van der Waals surface area contributed by atoms with Gasteiger partial charge in [0.2, 0.25) is 5.91 Å². The second kappa shape index (κ2) is 6.86. The maximum Gasteiger partial charge on any atom is 0.223 e. The van der Waals surface area contributed by atoms with E-state index in [1.165, 1.54) is 5.56 Å². The van der Waals surface area contributed by atoms with Crippen LogP contribution in [0.1, 0.15) is 37.7 Å². The summed E-state index contributed by atoms with van der Waals surface area (Å²) in [6.07, 6.45) is 4.43. The molecule has 1 atom stereocenters. The van der Waals surface area contributed by atoms with Crippen molar-refractivity contribution in [2.45, 2.75) is 43.7 Å². The number of hydrogen-bond acceptors (Lipinski definition) is 3. The maximum atomic E-state index is 12.3. The van der Waals surface area contributed by atoms with Gasteiger partial charge < -0.3 is 15.8 Å². The summed E-state index contributed by atoms with van der Waals surface area (Å²) in [4.78, 5) is 12.3. The lowest BCUT2D eigenvalue weighted by Gasteiger charge is -2.31. The molecule has 1 aromatic rings. The number of carbonyl (C=O) groups is 1. The summed E-state index contributed by atoms with van der Waals surface area (Å²) in [5.74, 6) is 0.0213. The molecule has 1 fully saturated rings. The van der Waals surface area contributed by atoms with E-state index < -0.39 is 0 Å². The van der Waals surface area contributed by atoms with E-state index in [4.69, 9.17) is 10.5 Å². The van der Waals surface area contributed by atoms with Gasteiger partial charge >= 0.3 is 0 Å². The Balaban J connectivity index is 2.08. The highest BCUT2D eigenvalue weighted by Gasteiger charge is 2.37. The van der Waals surface area contributed by atoms with Crippen LogP contribution in [-0.2, 0) is 15.1 Å². The first-order chi connectivity index (χ1) is 9.70. The van der Waals surface area contributed by atoms with Crippen molar-refractivity contribution in [3.8, 4) is 0 Å². The van der Waals surface area contributed by atoms with E-state index in [9.17, 15) is 4.79 Å². The van der Waals surface area contributed by atoms with Crippen LogP contribution in [-0.4, -0.2) is 25.7 Å². The van der Waals surface area contributed by atoms with E-state index in [-0.39, 0.29) is 17.6 Å². The van der Waals surface area contributed by atoms with Crippen LogP contribution in [0.2, 0.25) is 0 Å².